The summed E-state index contributed by atoms with van der Waals surface area (Å²) in [5.74, 6) is -1.13. The van der Waals surface area contributed by atoms with Crippen molar-refractivity contribution in [3.63, 3.8) is 0 Å². The van der Waals surface area contributed by atoms with Gasteiger partial charge in [0.05, 0.1) is 22.9 Å². The van der Waals surface area contributed by atoms with Gasteiger partial charge in [-0.2, -0.15) is 10.4 Å². The quantitative estimate of drug-likeness (QED) is 0.597. The lowest BCUT2D eigenvalue weighted by molar-refractivity contribution is -0.134. The summed E-state index contributed by atoms with van der Waals surface area (Å²) in [4.78, 5) is 36.3. The molecule has 0 radical (unpaired) electrons. The number of nitriles is 1. The van der Waals surface area contributed by atoms with Crippen LogP contribution in [0.25, 0.3) is 10.9 Å². The van der Waals surface area contributed by atoms with Crippen LogP contribution in [0, 0.1) is 18.3 Å². The van der Waals surface area contributed by atoms with E-state index >= 15 is 0 Å². The predicted molar refractivity (Wildman–Crippen MR) is 116 cm³/mol. The Balaban J connectivity index is 1.55. The Kier molecular flexibility index (Phi) is 5.60. The Morgan fingerprint density at radius 3 is 2.84 bits per heavy atom. The molecule has 162 valence electrons. The van der Waals surface area contributed by atoms with Gasteiger partial charge >= 0.3 is 0 Å². The number of ether oxygens (including phenoxy) is 1. The van der Waals surface area contributed by atoms with Gasteiger partial charge in [0.25, 0.3) is 5.91 Å². The van der Waals surface area contributed by atoms with E-state index < -0.39 is 11.8 Å². The topological polar surface area (TPSA) is 126 Å². The molecule has 3 aromatic rings. The molecule has 2 aromatic carbocycles. The highest BCUT2D eigenvalue weighted by atomic mass is 16.5. The number of piperidine rings is 1. The number of nitrogens with one attached hydrogen (secondary N) is 2. The summed E-state index contributed by atoms with van der Waals surface area (Å²) in [6.45, 7) is 1.54. The second kappa shape index (κ2) is 8.51. The van der Waals surface area contributed by atoms with Crippen LogP contribution in [0.5, 0.6) is 5.75 Å². The summed E-state index contributed by atoms with van der Waals surface area (Å²) in [6.07, 6.45) is 0.649. The number of rotatable bonds is 5. The van der Waals surface area contributed by atoms with Crippen molar-refractivity contribution in [2.45, 2.75) is 25.7 Å². The minimum atomic E-state index is -0.527. The van der Waals surface area contributed by atoms with Gasteiger partial charge in [0, 0.05) is 18.9 Å². The molecule has 9 nitrogen and oxygen atoms in total. The zero-order chi connectivity index (χ0) is 22.8. The van der Waals surface area contributed by atoms with E-state index in [4.69, 9.17) is 4.74 Å². The first kappa shape index (κ1) is 21.1. The highest BCUT2D eigenvalue weighted by Crippen LogP contribution is 2.34. The van der Waals surface area contributed by atoms with Crippen LogP contribution in [0.3, 0.4) is 0 Å². The molecule has 2 N–H and O–H groups in total. The number of nitrogens with zero attached hydrogens (tertiary/aromatic N) is 3. The minimum absolute atomic E-state index is 0.258. The lowest BCUT2D eigenvalue weighted by Crippen LogP contribution is -2.39. The number of carbonyl (C=O) groups is 3. The Morgan fingerprint density at radius 1 is 1.31 bits per heavy atom. The molecule has 1 aliphatic rings. The first-order chi connectivity index (χ1) is 15.4. The molecule has 3 amide bonds. The first-order valence-corrected chi connectivity index (χ1v) is 10.1. The van der Waals surface area contributed by atoms with E-state index in [-0.39, 0.29) is 24.8 Å². The molecule has 1 saturated heterocycles. The molecule has 1 aromatic heterocycles. The fraction of sp³-hybridized carbons (Fsp3) is 0.261. The number of para-hydroxylation sites is 2. The highest BCUT2D eigenvalue weighted by molar-refractivity contribution is 6.03. The van der Waals surface area contributed by atoms with Crippen LogP contribution in [0.2, 0.25) is 0 Å². The number of carbonyl (C=O) groups excluding carboxylic acids is 3. The molecule has 0 spiro atoms. The molecular formula is C23H21N5O4. The monoisotopic (exact) mass is 431 g/mol. The van der Waals surface area contributed by atoms with Crippen molar-refractivity contribution in [2.75, 3.05) is 11.9 Å². The maximum atomic E-state index is 12.5. The smallest absolute Gasteiger partial charge is 0.262 e. The second-order valence-electron chi connectivity index (χ2n) is 7.61. The van der Waals surface area contributed by atoms with Crippen LogP contribution >= 0.6 is 0 Å². The third-order valence-corrected chi connectivity index (χ3v) is 5.44. The van der Waals surface area contributed by atoms with Gasteiger partial charge in [0.15, 0.2) is 6.61 Å². The van der Waals surface area contributed by atoms with E-state index in [1.54, 1.807) is 36.0 Å². The number of benzene rings is 2. The number of amides is 3. The first-order valence-electron chi connectivity index (χ1n) is 10.1. The molecule has 0 saturated carbocycles. The van der Waals surface area contributed by atoms with Crippen LogP contribution in [0.1, 0.15) is 35.6 Å². The summed E-state index contributed by atoms with van der Waals surface area (Å²) < 4.78 is 7.39. The molecule has 1 unspecified atom stereocenters. The minimum Gasteiger partial charge on any atom is -0.481 e. The van der Waals surface area contributed by atoms with Crippen molar-refractivity contribution in [2.24, 2.45) is 7.05 Å². The van der Waals surface area contributed by atoms with E-state index in [9.17, 15) is 19.6 Å². The lowest BCUT2D eigenvalue weighted by atomic mass is 9.93. The van der Waals surface area contributed by atoms with Gasteiger partial charge in [-0.1, -0.05) is 24.3 Å². The maximum Gasteiger partial charge on any atom is 0.262 e. The average molecular weight is 431 g/mol. The van der Waals surface area contributed by atoms with Crippen molar-refractivity contribution in [1.29, 1.82) is 5.26 Å². The number of imide groups is 1. The van der Waals surface area contributed by atoms with Crippen molar-refractivity contribution < 1.29 is 19.1 Å². The SMILES string of the molecule is Cc1cccc(C#N)c1NC(=O)COc1cccc2c(C3CCC(=O)NC3=O)nn(C)c12. The predicted octanol–water partition coefficient (Wildman–Crippen LogP) is 2.29. The highest BCUT2D eigenvalue weighted by Gasteiger charge is 2.32. The Labute approximate surface area is 184 Å². The molecule has 0 bridgehead atoms. The zero-order valence-corrected chi connectivity index (χ0v) is 17.6. The fourth-order valence-corrected chi connectivity index (χ4v) is 3.90. The summed E-state index contributed by atoms with van der Waals surface area (Å²) in [5, 5.41) is 19.6. The maximum absolute atomic E-state index is 12.5. The fourth-order valence-electron chi connectivity index (χ4n) is 3.90. The molecule has 1 aliphatic heterocycles. The number of aromatic nitrogens is 2. The normalized spacial score (nSPS) is 15.8. The van der Waals surface area contributed by atoms with Gasteiger partial charge in [0.1, 0.15) is 17.3 Å². The van der Waals surface area contributed by atoms with E-state index in [1.807, 2.05) is 19.1 Å². The number of fused-ring (bicyclic) bond motifs is 1. The zero-order valence-electron chi connectivity index (χ0n) is 17.6. The molecule has 32 heavy (non-hydrogen) atoms. The number of aryl methyl sites for hydroxylation is 2. The van der Waals surface area contributed by atoms with Crippen molar-refractivity contribution in [1.82, 2.24) is 15.1 Å². The second-order valence-corrected chi connectivity index (χ2v) is 7.61. The van der Waals surface area contributed by atoms with E-state index in [0.717, 1.165) is 10.9 Å². The van der Waals surface area contributed by atoms with E-state index in [0.29, 0.717) is 34.6 Å². The Bertz CT molecular complexity index is 1290. The van der Waals surface area contributed by atoms with Gasteiger partial charge in [-0.05, 0) is 31.0 Å². The van der Waals surface area contributed by atoms with Crippen LogP contribution in [-0.4, -0.2) is 34.1 Å². The molecule has 1 atom stereocenters. The molecule has 9 heteroatoms. The Hall–Kier alpha value is -4.19. The van der Waals surface area contributed by atoms with Crippen molar-refractivity contribution >= 4 is 34.3 Å². The van der Waals surface area contributed by atoms with Crippen molar-refractivity contribution in [3.05, 3.63) is 53.2 Å². The van der Waals surface area contributed by atoms with Crippen molar-refractivity contribution in [3.8, 4) is 11.8 Å². The van der Waals surface area contributed by atoms with Crippen LogP contribution in [0.15, 0.2) is 36.4 Å². The molecule has 1 fully saturated rings. The third-order valence-electron chi connectivity index (χ3n) is 5.44. The molecule has 4 rings (SSSR count). The lowest BCUT2D eigenvalue weighted by Gasteiger charge is -2.19. The van der Waals surface area contributed by atoms with Crippen LogP contribution < -0.4 is 15.4 Å². The van der Waals surface area contributed by atoms with Crippen LogP contribution in [0.4, 0.5) is 5.69 Å². The average Bonchev–Trinajstić information content (AvgIpc) is 3.10. The molecule has 0 aliphatic carbocycles. The summed E-state index contributed by atoms with van der Waals surface area (Å²) in [6, 6.07) is 12.6. The summed E-state index contributed by atoms with van der Waals surface area (Å²) in [5.41, 5.74) is 2.83. The third kappa shape index (κ3) is 3.90. The van der Waals surface area contributed by atoms with E-state index in [1.165, 1.54) is 0 Å². The van der Waals surface area contributed by atoms with Gasteiger partial charge < -0.3 is 10.1 Å². The van der Waals surface area contributed by atoms with E-state index in [2.05, 4.69) is 21.8 Å². The number of hydrogen-bond donors (Lipinski definition) is 2. The Morgan fingerprint density at radius 2 is 2.09 bits per heavy atom. The van der Waals surface area contributed by atoms with Crippen LogP contribution in [-0.2, 0) is 21.4 Å². The number of anilines is 1. The van der Waals surface area contributed by atoms with Gasteiger partial charge in [-0.25, -0.2) is 0 Å². The summed E-state index contributed by atoms with van der Waals surface area (Å²) in [7, 11) is 1.73. The molecule has 2 heterocycles. The molecular weight excluding hydrogens is 410 g/mol. The summed E-state index contributed by atoms with van der Waals surface area (Å²) >= 11 is 0. The standard InChI is InChI=1S/C23H21N5O4/c1-13-5-3-6-14(11-24)20(13)25-19(30)12-32-17-8-4-7-15-21(27-28(2)22(15)17)16-9-10-18(29)26-23(16)31/h3-8,16H,9-10,12H2,1-2H3,(H,25,30)(H,26,29,31). The van der Waals surface area contributed by atoms with Gasteiger partial charge in [0.2, 0.25) is 11.8 Å². The largest absolute Gasteiger partial charge is 0.481 e. The number of hydrogen-bond acceptors (Lipinski definition) is 6. The van der Waals surface area contributed by atoms with Gasteiger partial charge in [-0.3, -0.25) is 24.4 Å². The van der Waals surface area contributed by atoms with Gasteiger partial charge in [-0.15, -0.1) is 0 Å².